The molecule has 0 spiro atoms. The van der Waals surface area contributed by atoms with E-state index in [-0.39, 0.29) is 18.9 Å². The van der Waals surface area contributed by atoms with Crippen LogP contribution >= 0.6 is 0 Å². The van der Waals surface area contributed by atoms with E-state index in [1.165, 1.54) is 0 Å². The number of hydrogen-bond donors (Lipinski definition) is 1. The van der Waals surface area contributed by atoms with Crippen molar-refractivity contribution in [3.8, 4) is 11.3 Å². The van der Waals surface area contributed by atoms with Gasteiger partial charge < -0.3 is 9.73 Å². The van der Waals surface area contributed by atoms with Crippen LogP contribution in [0, 0.1) is 0 Å². The average Bonchev–Trinajstić information content (AvgIpc) is 3.16. The first-order valence-corrected chi connectivity index (χ1v) is 8.38. The summed E-state index contributed by atoms with van der Waals surface area (Å²) in [6.45, 7) is 0.257. The third kappa shape index (κ3) is 3.62. The SMILES string of the molecule is O=C(Cc1cnc2ccccc2c1)NCc1ncc(-c2ccccc2)o1. The summed E-state index contributed by atoms with van der Waals surface area (Å²) in [4.78, 5) is 20.8. The quantitative estimate of drug-likeness (QED) is 0.599. The lowest BCUT2D eigenvalue weighted by Gasteiger charge is -2.04. The van der Waals surface area contributed by atoms with Crippen LogP contribution in [-0.2, 0) is 17.8 Å². The number of carbonyl (C=O) groups excluding carboxylic acids is 1. The average molecular weight is 343 g/mol. The summed E-state index contributed by atoms with van der Waals surface area (Å²) in [5.74, 6) is 1.07. The topological polar surface area (TPSA) is 68.0 Å². The van der Waals surface area contributed by atoms with Crippen LogP contribution in [0.1, 0.15) is 11.5 Å². The van der Waals surface area contributed by atoms with E-state index in [1.54, 1.807) is 12.4 Å². The minimum absolute atomic E-state index is 0.0958. The Morgan fingerprint density at radius 3 is 2.65 bits per heavy atom. The molecule has 0 unspecified atom stereocenters. The molecular weight excluding hydrogens is 326 g/mol. The summed E-state index contributed by atoms with van der Waals surface area (Å²) in [6, 6.07) is 19.6. The van der Waals surface area contributed by atoms with Crippen molar-refractivity contribution in [1.82, 2.24) is 15.3 Å². The lowest BCUT2D eigenvalue weighted by molar-refractivity contribution is -0.120. The first-order chi connectivity index (χ1) is 12.8. The Bertz CT molecular complexity index is 1040. The number of hydrogen-bond acceptors (Lipinski definition) is 4. The molecule has 5 heteroatoms. The van der Waals surface area contributed by atoms with Gasteiger partial charge in [0.15, 0.2) is 5.76 Å². The maximum atomic E-state index is 12.2. The van der Waals surface area contributed by atoms with E-state index in [1.807, 2.05) is 60.7 Å². The predicted molar refractivity (Wildman–Crippen MR) is 99.2 cm³/mol. The van der Waals surface area contributed by atoms with E-state index >= 15 is 0 Å². The van der Waals surface area contributed by atoms with Crippen molar-refractivity contribution >= 4 is 16.8 Å². The molecular formula is C21H17N3O2. The Hall–Kier alpha value is -3.47. The number of rotatable bonds is 5. The van der Waals surface area contributed by atoms with Crippen LogP contribution in [0.2, 0.25) is 0 Å². The molecule has 0 saturated carbocycles. The number of pyridine rings is 1. The highest BCUT2D eigenvalue weighted by molar-refractivity contribution is 5.82. The molecule has 4 aromatic rings. The molecule has 128 valence electrons. The van der Waals surface area contributed by atoms with Crippen molar-refractivity contribution in [3.63, 3.8) is 0 Å². The molecule has 0 aliphatic rings. The maximum absolute atomic E-state index is 12.2. The number of nitrogens with zero attached hydrogens (tertiary/aromatic N) is 2. The number of nitrogens with one attached hydrogen (secondary N) is 1. The van der Waals surface area contributed by atoms with Gasteiger partial charge >= 0.3 is 0 Å². The van der Waals surface area contributed by atoms with Crippen molar-refractivity contribution in [3.05, 3.63) is 84.5 Å². The second-order valence-electron chi connectivity index (χ2n) is 5.97. The summed E-state index contributed by atoms with van der Waals surface area (Å²) >= 11 is 0. The molecule has 0 atom stereocenters. The molecule has 0 bridgehead atoms. The van der Waals surface area contributed by atoms with Crippen molar-refractivity contribution < 1.29 is 9.21 Å². The van der Waals surface area contributed by atoms with Crippen molar-refractivity contribution in [2.45, 2.75) is 13.0 Å². The lowest BCUT2D eigenvalue weighted by atomic mass is 10.1. The number of benzene rings is 2. The number of oxazole rings is 1. The minimum atomic E-state index is -0.0958. The van der Waals surface area contributed by atoms with E-state index in [0.29, 0.717) is 11.7 Å². The Balaban J connectivity index is 1.37. The highest BCUT2D eigenvalue weighted by Gasteiger charge is 2.09. The Morgan fingerprint density at radius 1 is 0.962 bits per heavy atom. The molecule has 0 radical (unpaired) electrons. The third-order valence-electron chi connectivity index (χ3n) is 4.06. The van der Waals surface area contributed by atoms with Crippen LogP contribution in [0.5, 0.6) is 0 Å². The number of amides is 1. The van der Waals surface area contributed by atoms with Gasteiger partial charge in [0.1, 0.15) is 0 Å². The third-order valence-corrected chi connectivity index (χ3v) is 4.06. The van der Waals surface area contributed by atoms with Crippen LogP contribution < -0.4 is 5.32 Å². The van der Waals surface area contributed by atoms with Crippen molar-refractivity contribution in [1.29, 1.82) is 0 Å². The second kappa shape index (κ2) is 7.19. The highest BCUT2D eigenvalue weighted by Crippen LogP contribution is 2.19. The standard InChI is InChI=1S/C21H17N3O2/c25-20(11-15-10-17-8-4-5-9-18(17)22-12-15)23-14-21-24-13-19(26-21)16-6-2-1-3-7-16/h1-10,12-13H,11,14H2,(H,23,25). The zero-order valence-corrected chi connectivity index (χ0v) is 14.1. The van der Waals surface area contributed by atoms with E-state index in [0.717, 1.165) is 22.0 Å². The molecule has 2 heterocycles. The van der Waals surface area contributed by atoms with Gasteiger partial charge in [0.2, 0.25) is 11.8 Å². The van der Waals surface area contributed by atoms with E-state index in [9.17, 15) is 4.79 Å². The molecule has 0 fully saturated rings. The molecule has 2 aromatic carbocycles. The molecule has 4 rings (SSSR count). The summed E-state index contributed by atoms with van der Waals surface area (Å²) in [5.41, 5.74) is 2.75. The second-order valence-corrected chi connectivity index (χ2v) is 5.97. The van der Waals surface area contributed by atoms with Gasteiger partial charge in [0, 0.05) is 17.1 Å². The van der Waals surface area contributed by atoms with E-state index in [2.05, 4.69) is 15.3 Å². The zero-order chi connectivity index (χ0) is 17.8. The number of fused-ring (bicyclic) bond motifs is 1. The number of aromatic nitrogens is 2. The molecule has 2 aromatic heterocycles. The van der Waals surface area contributed by atoms with Crippen molar-refractivity contribution in [2.75, 3.05) is 0 Å². The van der Waals surface area contributed by atoms with Crippen LogP contribution in [0.4, 0.5) is 0 Å². The number of carbonyl (C=O) groups is 1. The molecule has 1 amide bonds. The van der Waals surface area contributed by atoms with E-state index < -0.39 is 0 Å². The van der Waals surface area contributed by atoms with Gasteiger partial charge in [-0.1, -0.05) is 48.5 Å². The van der Waals surface area contributed by atoms with Crippen LogP contribution in [0.25, 0.3) is 22.2 Å². The molecule has 5 nitrogen and oxygen atoms in total. The van der Waals surface area contributed by atoms with Gasteiger partial charge in [-0.3, -0.25) is 9.78 Å². The summed E-state index contributed by atoms with van der Waals surface area (Å²) in [7, 11) is 0. The van der Waals surface area contributed by atoms with Gasteiger partial charge in [-0.05, 0) is 17.7 Å². The Morgan fingerprint density at radius 2 is 1.77 bits per heavy atom. The molecule has 0 saturated heterocycles. The molecule has 1 N–H and O–H groups in total. The minimum Gasteiger partial charge on any atom is -0.439 e. The fourth-order valence-corrected chi connectivity index (χ4v) is 2.76. The smallest absolute Gasteiger partial charge is 0.224 e. The molecule has 0 aliphatic carbocycles. The first kappa shape index (κ1) is 16.0. The van der Waals surface area contributed by atoms with E-state index in [4.69, 9.17) is 4.42 Å². The molecule has 26 heavy (non-hydrogen) atoms. The fraction of sp³-hybridized carbons (Fsp3) is 0.0952. The maximum Gasteiger partial charge on any atom is 0.224 e. The largest absolute Gasteiger partial charge is 0.439 e. The van der Waals surface area contributed by atoms with Crippen LogP contribution in [0.3, 0.4) is 0 Å². The van der Waals surface area contributed by atoms with Gasteiger partial charge in [-0.25, -0.2) is 4.98 Å². The zero-order valence-electron chi connectivity index (χ0n) is 14.1. The summed E-state index contributed by atoms with van der Waals surface area (Å²) < 4.78 is 5.69. The Kier molecular flexibility index (Phi) is 4.43. The highest BCUT2D eigenvalue weighted by atomic mass is 16.4. The fourth-order valence-electron chi connectivity index (χ4n) is 2.76. The van der Waals surface area contributed by atoms with Crippen LogP contribution in [-0.4, -0.2) is 15.9 Å². The summed E-state index contributed by atoms with van der Waals surface area (Å²) in [5, 5.41) is 3.86. The van der Waals surface area contributed by atoms with Gasteiger partial charge in [-0.2, -0.15) is 0 Å². The van der Waals surface area contributed by atoms with Crippen LogP contribution in [0.15, 0.2) is 77.5 Å². The number of para-hydroxylation sites is 1. The lowest BCUT2D eigenvalue weighted by Crippen LogP contribution is -2.24. The normalized spacial score (nSPS) is 10.8. The van der Waals surface area contributed by atoms with Gasteiger partial charge in [-0.15, -0.1) is 0 Å². The van der Waals surface area contributed by atoms with Crippen molar-refractivity contribution in [2.24, 2.45) is 0 Å². The first-order valence-electron chi connectivity index (χ1n) is 8.38. The van der Waals surface area contributed by atoms with Gasteiger partial charge in [0.05, 0.1) is 24.7 Å². The van der Waals surface area contributed by atoms with Gasteiger partial charge in [0.25, 0.3) is 0 Å². The summed E-state index contributed by atoms with van der Waals surface area (Å²) in [6.07, 6.45) is 3.68. The predicted octanol–water partition coefficient (Wildman–Crippen LogP) is 3.75. The molecule has 0 aliphatic heterocycles. The monoisotopic (exact) mass is 343 g/mol. The Labute approximate surface area is 150 Å².